The third-order valence-electron chi connectivity index (χ3n) is 3.00. The zero-order valence-corrected chi connectivity index (χ0v) is 7.60. The van der Waals surface area contributed by atoms with Gasteiger partial charge in [-0.25, -0.2) is 0 Å². The van der Waals surface area contributed by atoms with E-state index in [9.17, 15) is 4.79 Å². The van der Waals surface area contributed by atoms with E-state index in [0.29, 0.717) is 17.6 Å². The molecule has 0 aliphatic heterocycles. The van der Waals surface area contributed by atoms with Gasteiger partial charge in [-0.15, -0.1) is 0 Å². The van der Waals surface area contributed by atoms with Crippen molar-refractivity contribution < 1.29 is 4.79 Å². The molecule has 0 aromatic rings. The lowest BCUT2D eigenvalue weighted by atomic mass is 9.79. The van der Waals surface area contributed by atoms with Crippen molar-refractivity contribution >= 4 is 5.78 Å². The Kier molecular flexibility index (Phi) is 3.10. The van der Waals surface area contributed by atoms with Crippen LogP contribution in [0.3, 0.4) is 0 Å². The summed E-state index contributed by atoms with van der Waals surface area (Å²) >= 11 is 0. The molecular formula is C10H18O. The molecule has 0 heterocycles. The number of rotatable bonds is 2. The van der Waals surface area contributed by atoms with Crippen molar-refractivity contribution in [2.24, 2.45) is 11.8 Å². The highest BCUT2D eigenvalue weighted by molar-refractivity contribution is 5.78. The highest BCUT2D eigenvalue weighted by atomic mass is 16.1. The molecule has 1 saturated carbocycles. The molecule has 1 nitrogen and oxygen atoms in total. The van der Waals surface area contributed by atoms with Crippen molar-refractivity contribution in [3.8, 4) is 0 Å². The van der Waals surface area contributed by atoms with E-state index in [1.807, 2.05) is 0 Å². The average Bonchev–Trinajstić information content (AvgIpc) is 2.05. The molecule has 0 bridgehead atoms. The van der Waals surface area contributed by atoms with E-state index in [4.69, 9.17) is 0 Å². The van der Waals surface area contributed by atoms with Crippen LogP contribution in [0.1, 0.15) is 46.0 Å². The van der Waals surface area contributed by atoms with Gasteiger partial charge in [0.25, 0.3) is 0 Å². The van der Waals surface area contributed by atoms with Gasteiger partial charge in [0.05, 0.1) is 0 Å². The maximum atomic E-state index is 11.0. The molecule has 0 aromatic carbocycles. The molecule has 0 unspecified atom stereocenters. The predicted octanol–water partition coefficient (Wildman–Crippen LogP) is 2.79. The quantitative estimate of drug-likeness (QED) is 0.597. The second-order valence-electron chi connectivity index (χ2n) is 3.80. The number of hydrogen-bond donors (Lipinski definition) is 0. The molecule has 0 spiro atoms. The standard InChI is InChI=1S/C10H18O/c1-8(9(2)11)10-6-4-3-5-7-10/h8,10H,3-7H2,1-2H3/t8-/m0/s1. The van der Waals surface area contributed by atoms with Crippen LogP contribution < -0.4 is 0 Å². The van der Waals surface area contributed by atoms with Crippen molar-refractivity contribution in [1.82, 2.24) is 0 Å². The second-order valence-corrected chi connectivity index (χ2v) is 3.80. The molecule has 0 aromatic heterocycles. The molecule has 1 aliphatic carbocycles. The lowest BCUT2D eigenvalue weighted by molar-refractivity contribution is -0.122. The van der Waals surface area contributed by atoms with Gasteiger partial charge in [-0.05, 0) is 25.7 Å². The Bertz CT molecular complexity index is 134. The molecule has 1 heteroatoms. The number of ketones is 1. The first-order chi connectivity index (χ1) is 5.22. The minimum Gasteiger partial charge on any atom is -0.300 e. The maximum Gasteiger partial charge on any atom is 0.132 e. The summed E-state index contributed by atoms with van der Waals surface area (Å²) < 4.78 is 0. The number of hydrogen-bond acceptors (Lipinski definition) is 1. The van der Waals surface area contributed by atoms with Gasteiger partial charge >= 0.3 is 0 Å². The fraction of sp³-hybridized carbons (Fsp3) is 0.900. The van der Waals surface area contributed by atoms with Crippen LogP contribution in [-0.4, -0.2) is 5.78 Å². The molecule has 11 heavy (non-hydrogen) atoms. The largest absolute Gasteiger partial charge is 0.300 e. The Hall–Kier alpha value is -0.330. The molecule has 1 atom stereocenters. The fourth-order valence-corrected chi connectivity index (χ4v) is 1.97. The van der Waals surface area contributed by atoms with E-state index >= 15 is 0 Å². The summed E-state index contributed by atoms with van der Waals surface area (Å²) in [5.74, 6) is 1.38. The van der Waals surface area contributed by atoms with Gasteiger partial charge in [0.2, 0.25) is 0 Å². The van der Waals surface area contributed by atoms with Gasteiger partial charge in [-0.2, -0.15) is 0 Å². The van der Waals surface area contributed by atoms with E-state index in [-0.39, 0.29) is 0 Å². The molecule has 64 valence electrons. The van der Waals surface area contributed by atoms with Gasteiger partial charge in [0.15, 0.2) is 0 Å². The van der Waals surface area contributed by atoms with E-state index < -0.39 is 0 Å². The summed E-state index contributed by atoms with van der Waals surface area (Å²) in [4.78, 5) is 11.0. The molecule has 0 amide bonds. The Morgan fingerprint density at radius 2 is 1.82 bits per heavy atom. The molecule has 1 fully saturated rings. The monoisotopic (exact) mass is 154 g/mol. The van der Waals surface area contributed by atoms with Crippen LogP contribution >= 0.6 is 0 Å². The first kappa shape index (κ1) is 8.76. The Labute approximate surface area is 69.2 Å². The maximum absolute atomic E-state index is 11.0. The Morgan fingerprint density at radius 1 is 1.27 bits per heavy atom. The van der Waals surface area contributed by atoms with E-state index in [1.54, 1.807) is 6.92 Å². The van der Waals surface area contributed by atoms with Crippen molar-refractivity contribution in [2.45, 2.75) is 46.0 Å². The average molecular weight is 154 g/mol. The Balaban J connectivity index is 2.38. The van der Waals surface area contributed by atoms with Crippen LogP contribution in [0.15, 0.2) is 0 Å². The lowest BCUT2D eigenvalue weighted by Gasteiger charge is -2.25. The second kappa shape index (κ2) is 3.89. The van der Waals surface area contributed by atoms with Crippen LogP contribution in [0.5, 0.6) is 0 Å². The highest BCUT2D eigenvalue weighted by Crippen LogP contribution is 2.29. The third kappa shape index (κ3) is 2.32. The van der Waals surface area contributed by atoms with Gasteiger partial charge in [-0.3, -0.25) is 4.79 Å². The summed E-state index contributed by atoms with van der Waals surface area (Å²) in [7, 11) is 0. The van der Waals surface area contributed by atoms with Crippen molar-refractivity contribution in [3.05, 3.63) is 0 Å². The van der Waals surface area contributed by atoms with E-state index in [0.717, 1.165) is 0 Å². The highest BCUT2D eigenvalue weighted by Gasteiger charge is 2.22. The Morgan fingerprint density at radius 3 is 2.27 bits per heavy atom. The first-order valence-corrected chi connectivity index (χ1v) is 4.72. The van der Waals surface area contributed by atoms with Crippen LogP contribution in [0.2, 0.25) is 0 Å². The smallest absolute Gasteiger partial charge is 0.132 e. The molecule has 1 rings (SSSR count). The first-order valence-electron chi connectivity index (χ1n) is 4.72. The van der Waals surface area contributed by atoms with Gasteiger partial charge < -0.3 is 0 Å². The minimum absolute atomic E-state index is 0.315. The van der Waals surface area contributed by atoms with E-state index in [2.05, 4.69) is 6.92 Å². The molecule has 0 saturated heterocycles. The third-order valence-corrected chi connectivity index (χ3v) is 3.00. The van der Waals surface area contributed by atoms with E-state index in [1.165, 1.54) is 32.1 Å². The van der Waals surface area contributed by atoms with Crippen LogP contribution in [0.25, 0.3) is 0 Å². The predicted molar refractivity (Wildman–Crippen MR) is 46.4 cm³/mol. The van der Waals surface area contributed by atoms with Crippen LogP contribution in [-0.2, 0) is 4.79 Å². The summed E-state index contributed by atoms with van der Waals surface area (Å²) in [5.41, 5.74) is 0. The van der Waals surface area contributed by atoms with Crippen molar-refractivity contribution in [2.75, 3.05) is 0 Å². The van der Waals surface area contributed by atoms with Gasteiger partial charge in [-0.1, -0.05) is 26.2 Å². The molecular weight excluding hydrogens is 136 g/mol. The molecule has 0 radical (unpaired) electrons. The molecule has 1 aliphatic rings. The fourth-order valence-electron chi connectivity index (χ4n) is 1.97. The number of carbonyl (C=O) groups excluding carboxylic acids is 1. The summed E-state index contributed by atoms with van der Waals surface area (Å²) in [6.45, 7) is 3.80. The minimum atomic E-state index is 0.315. The van der Waals surface area contributed by atoms with Crippen LogP contribution in [0.4, 0.5) is 0 Å². The van der Waals surface area contributed by atoms with Gasteiger partial charge in [0.1, 0.15) is 5.78 Å². The summed E-state index contributed by atoms with van der Waals surface area (Å²) in [6.07, 6.45) is 6.60. The number of Topliss-reactive ketones (excluding diaryl/α,β-unsaturated/α-hetero) is 1. The SMILES string of the molecule is CC(=O)[C@H](C)C1CCCCC1. The summed E-state index contributed by atoms with van der Waals surface area (Å²) in [5, 5.41) is 0. The zero-order chi connectivity index (χ0) is 8.27. The zero-order valence-electron chi connectivity index (χ0n) is 7.60. The summed E-state index contributed by atoms with van der Waals surface area (Å²) in [6, 6.07) is 0. The molecule has 0 N–H and O–H groups in total. The van der Waals surface area contributed by atoms with Crippen molar-refractivity contribution in [3.63, 3.8) is 0 Å². The van der Waals surface area contributed by atoms with Gasteiger partial charge in [0, 0.05) is 5.92 Å². The lowest BCUT2D eigenvalue weighted by Crippen LogP contribution is -2.20. The topological polar surface area (TPSA) is 17.1 Å². The van der Waals surface area contributed by atoms with Crippen molar-refractivity contribution in [1.29, 1.82) is 0 Å². The number of carbonyl (C=O) groups is 1. The van der Waals surface area contributed by atoms with Crippen LogP contribution in [0, 0.1) is 11.8 Å². The normalized spacial score (nSPS) is 23.1.